The average molecular weight is 294 g/mol. The molecule has 4 heteroatoms. The maximum atomic E-state index is 12.1. The number of hydrogen-bond acceptors (Lipinski definition) is 2. The first-order valence-corrected chi connectivity index (χ1v) is 8.33. The van der Waals surface area contributed by atoms with E-state index in [4.69, 9.17) is 0 Å². The second-order valence-electron chi connectivity index (χ2n) is 8.14. The van der Waals surface area contributed by atoms with E-state index in [1.807, 2.05) is 0 Å². The van der Waals surface area contributed by atoms with Crippen LogP contribution < -0.4 is 10.6 Å². The summed E-state index contributed by atoms with van der Waals surface area (Å²) in [6.45, 7) is 10.6. The Morgan fingerprint density at radius 3 is 1.86 bits per heavy atom. The van der Waals surface area contributed by atoms with Crippen LogP contribution in [0.1, 0.15) is 53.4 Å². The van der Waals surface area contributed by atoms with Crippen molar-refractivity contribution in [3.63, 3.8) is 0 Å². The molecule has 2 fully saturated rings. The maximum absolute atomic E-state index is 12.1. The summed E-state index contributed by atoms with van der Waals surface area (Å²) in [5.74, 6) is 1.11. The van der Waals surface area contributed by atoms with Crippen LogP contribution in [0.25, 0.3) is 0 Å². The lowest BCUT2D eigenvalue weighted by atomic mass is 9.72. The predicted molar refractivity (Wildman–Crippen MR) is 83.6 cm³/mol. The van der Waals surface area contributed by atoms with Crippen LogP contribution in [0, 0.1) is 29.1 Å². The Morgan fingerprint density at radius 1 is 1.05 bits per heavy atom. The van der Waals surface area contributed by atoms with E-state index in [2.05, 4.69) is 38.3 Å². The van der Waals surface area contributed by atoms with E-state index in [9.17, 15) is 9.59 Å². The van der Waals surface area contributed by atoms with Crippen molar-refractivity contribution < 1.29 is 9.59 Å². The first-order chi connectivity index (χ1) is 9.78. The van der Waals surface area contributed by atoms with Gasteiger partial charge in [0.1, 0.15) is 0 Å². The third-order valence-electron chi connectivity index (χ3n) is 4.85. The quantitative estimate of drug-likeness (QED) is 0.817. The van der Waals surface area contributed by atoms with Crippen LogP contribution in [-0.2, 0) is 9.59 Å². The van der Waals surface area contributed by atoms with Crippen LogP contribution in [0.2, 0.25) is 0 Å². The van der Waals surface area contributed by atoms with Gasteiger partial charge in [0.05, 0.1) is 0 Å². The largest absolute Gasteiger partial charge is 0.356 e. The van der Waals surface area contributed by atoms with Gasteiger partial charge in [-0.3, -0.25) is 9.59 Å². The molecular weight excluding hydrogens is 264 g/mol. The summed E-state index contributed by atoms with van der Waals surface area (Å²) >= 11 is 0. The molecule has 0 aromatic rings. The summed E-state index contributed by atoms with van der Waals surface area (Å²) in [7, 11) is 0. The molecule has 2 aliphatic heterocycles. The Hall–Kier alpha value is -1.06. The molecule has 0 bridgehead atoms. The molecule has 0 radical (unpaired) electrons. The van der Waals surface area contributed by atoms with Gasteiger partial charge in [0.15, 0.2) is 0 Å². The first kappa shape index (κ1) is 16.3. The Bertz CT molecular complexity index is 374. The van der Waals surface area contributed by atoms with Crippen molar-refractivity contribution in [2.75, 3.05) is 13.1 Å². The minimum absolute atomic E-state index is 0.0290. The topological polar surface area (TPSA) is 58.2 Å². The summed E-state index contributed by atoms with van der Waals surface area (Å²) in [5.41, 5.74) is 0.292. The second-order valence-corrected chi connectivity index (χ2v) is 8.14. The Morgan fingerprint density at radius 2 is 1.52 bits per heavy atom. The second kappa shape index (κ2) is 6.37. The molecule has 2 rings (SSSR count). The third-order valence-corrected chi connectivity index (χ3v) is 4.85. The van der Waals surface area contributed by atoms with Gasteiger partial charge >= 0.3 is 0 Å². The molecule has 0 aliphatic carbocycles. The molecule has 4 nitrogen and oxygen atoms in total. The fraction of sp³-hybridized carbons (Fsp3) is 0.882. The van der Waals surface area contributed by atoms with Gasteiger partial charge in [0.2, 0.25) is 11.8 Å². The van der Waals surface area contributed by atoms with E-state index in [0.29, 0.717) is 11.3 Å². The number of nitrogens with one attached hydrogen (secondary N) is 2. The van der Waals surface area contributed by atoms with Crippen molar-refractivity contribution in [3.05, 3.63) is 0 Å². The van der Waals surface area contributed by atoms with Crippen LogP contribution in [0.5, 0.6) is 0 Å². The monoisotopic (exact) mass is 294 g/mol. The summed E-state index contributed by atoms with van der Waals surface area (Å²) in [4.78, 5) is 24.2. The van der Waals surface area contributed by atoms with Crippen molar-refractivity contribution in [1.82, 2.24) is 10.6 Å². The molecule has 3 atom stereocenters. The number of amides is 2. The van der Waals surface area contributed by atoms with Crippen molar-refractivity contribution >= 4 is 11.8 Å². The van der Waals surface area contributed by atoms with Crippen LogP contribution in [0.4, 0.5) is 0 Å². The molecule has 120 valence electrons. The van der Waals surface area contributed by atoms with E-state index in [1.54, 1.807) is 0 Å². The smallest absolute Gasteiger partial charge is 0.223 e. The number of hydrogen-bond donors (Lipinski definition) is 2. The highest BCUT2D eigenvalue weighted by Crippen LogP contribution is 2.38. The molecule has 2 amide bonds. The highest BCUT2D eigenvalue weighted by atomic mass is 16.2. The molecule has 2 aliphatic rings. The zero-order chi connectivity index (χ0) is 15.6. The molecule has 21 heavy (non-hydrogen) atoms. The summed E-state index contributed by atoms with van der Waals surface area (Å²) in [6, 6.07) is 0. The third kappa shape index (κ3) is 4.21. The number of carbonyl (C=O) groups is 2. The minimum atomic E-state index is 0.0290. The van der Waals surface area contributed by atoms with Gasteiger partial charge in [-0.1, -0.05) is 27.7 Å². The molecule has 0 aromatic carbocycles. The average Bonchev–Trinajstić information content (AvgIpc) is 2.93. The molecule has 0 saturated carbocycles. The summed E-state index contributed by atoms with van der Waals surface area (Å²) < 4.78 is 0. The van der Waals surface area contributed by atoms with Crippen molar-refractivity contribution in [2.45, 2.75) is 53.4 Å². The zero-order valence-electron chi connectivity index (χ0n) is 13.9. The molecule has 0 spiro atoms. The van der Waals surface area contributed by atoms with Crippen LogP contribution in [-0.4, -0.2) is 24.9 Å². The molecule has 3 unspecified atom stereocenters. The van der Waals surface area contributed by atoms with E-state index in [0.717, 1.165) is 38.8 Å². The molecule has 2 heterocycles. The molecule has 2 N–H and O–H groups in total. The van der Waals surface area contributed by atoms with E-state index >= 15 is 0 Å². The van der Waals surface area contributed by atoms with Gasteiger partial charge in [0, 0.05) is 24.9 Å². The maximum Gasteiger partial charge on any atom is 0.223 e. The zero-order valence-corrected chi connectivity index (χ0v) is 13.9. The predicted octanol–water partition coefficient (Wildman–Crippen LogP) is 2.34. The Kier molecular flexibility index (Phi) is 4.95. The lowest BCUT2D eigenvalue weighted by Gasteiger charge is -2.31. The SMILES string of the molecule is CC(CC(C1CCNC1=O)C1CCNC1=O)CC(C)(C)C. The van der Waals surface area contributed by atoms with Crippen molar-refractivity contribution in [2.24, 2.45) is 29.1 Å². The van der Waals surface area contributed by atoms with Gasteiger partial charge in [-0.25, -0.2) is 0 Å². The highest BCUT2D eigenvalue weighted by Gasteiger charge is 2.42. The van der Waals surface area contributed by atoms with E-state index in [-0.39, 0.29) is 29.6 Å². The van der Waals surface area contributed by atoms with Crippen LogP contribution in [0.15, 0.2) is 0 Å². The molecular formula is C17H30N2O2. The standard InChI is InChI=1S/C17H30N2O2/c1-11(10-17(2,3)4)9-14(12-5-7-18-15(12)20)13-6-8-19-16(13)21/h11-14H,5-10H2,1-4H3,(H,18,20)(H,19,21). The van der Waals surface area contributed by atoms with Gasteiger partial charge < -0.3 is 10.6 Å². The fourth-order valence-corrected chi connectivity index (χ4v) is 4.25. The summed E-state index contributed by atoms with van der Waals surface area (Å²) in [6.07, 6.45) is 3.88. The van der Waals surface area contributed by atoms with Gasteiger partial charge in [-0.15, -0.1) is 0 Å². The Labute approximate surface area is 128 Å². The fourth-order valence-electron chi connectivity index (χ4n) is 4.25. The lowest BCUT2D eigenvalue weighted by Crippen LogP contribution is -2.35. The summed E-state index contributed by atoms with van der Waals surface area (Å²) in [5, 5.41) is 5.88. The minimum Gasteiger partial charge on any atom is -0.356 e. The highest BCUT2D eigenvalue weighted by molar-refractivity contribution is 5.84. The van der Waals surface area contributed by atoms with Gasteiger partial charge in [-0.05, 0) is 42.9 Å². The van der Waals surface area contributed by atoms with E-state index in [1.165, 1.54) is 0 Å². The number of rotatable bonds is 5. The van der Waals surface area contributed by atoms with Crippen LogP contribution >= 0.6 is 0 Å². The first-order valence-electron chi connectivity index (χ1n) is 8.33. The van der Waals surface area contributed by atoms with Gasteiger partial charge in [-0.2, -0.15) is 0 Å². The lowest BCUT2D eigenvalue weighted by molar-refractivity contribution is -0.128. The number of carbonyl (C=O) groups excluding carboxylic acids is 2. The van der Waals surface area contributed by atoms with Crippen molar-refractivity contribution in [3.8, 4) is 0 Å². The van der Waals surface area contributed by atoms with Crippen molar-refractivity contribution in [1.29, 1.82) is 0 Å². The molecule has 0 aromatic heterocycles. The van der Waals surface area contributed by atoms with Gasteiger partial charge in [0.25, 0.3) is 0 Å². The Balaban J connectivity index is 2.08. The molecule has 2 saturated heterocycles. The normalized spacial score (nSPS) is 29.1. The van der Waals surface area contributed by atoms with E-state index < -0.39 is 0 Å². The van der Waals surface area contributed by atoms with Crippen LogP contribution in [0.3, 0.4) is 0 Å².